The number of hydrogen-bond donors (Lipinski definition) is 3. The van der Waals surface area contributed by atoms with Crippen LogP contribution in [0.15, 0.2) is 97.1 Å². The lowest BCUT2D eigenvalue weighted by Gasteiger charge is -2.29. The predicted molar refractivity (Wildman–Crippen MR) is 199 cm³/mol. The van der Waals surface area contributed by atoms with Crippen LogP contribution < -0.4 is 9.80 Å². The van der Waals surface area contributed by atoms with E-state index in [9.17, 15) is 33.7 Å². The number of aliphatic hydroxyl groups is 3. The molecule has 290 valence electrons. The fraction of sp³-hybridized carbons (Fsp3) is 0.366. The topological polar surface area (TPSA) is 138 Å². The Bertz CT molecular complexity index is 1750. The molecule has 0 spiro atoms. The largest absolute Gasteiger partial charge is 0.459 e. The fourth-order valence-electron chi connectivity index (χ4n) is 5.76. The molecule has 0 aromatic heterocycles. The van der Waals surface area contributed by atoms with Crippen LogP contribution in [0.25, 0.3) is 0 Å². The van der Waals surface area contributed by atoms with E-state index in [1.54, 1.807) is 36.4 Å². The Labute approximate surface area is 314 Å². The average molecular weight is 751 g/mol. The summed E-state index contributed by atoms with van der Waals surface area (Å²) >= 11 is 0. The number of carbonyl (C=O) groups is 2. The van der Waals surface area contributed by atoms with E-state index < -0.39 is 36.1 Å². The summed E-state index contributed by atoms with van der Waals surface area (Å²) in [6.45, 7) is 4.72. The lowest BCUT2D eigenvalue weighted by Crippen LogP contribution is -2.36. The number of nitrogens with zero attached hydrogens (tertiary/aromatic N) is 2. The van der Waals surface area contributed by atoms with Crippen LogP contribution in [0.5, 0.6) is 0 Å². The SMILES string of the molecule is C.O=C(OCc1ccccc1)[C@H](O)Cc1ccc(N2CCOCC2)c(F)c1.O=C(OCc1ccccc1)[C@H](O)[C@@H](O)c1ccc(N2CCOCC2)c(F)c1. The van der Waals surface area contributed by atoms with Gasteiger partial charge in [0.15, 0.2) is 12.2 Å². The highest BCUT2D eigenvalue weighted by molar-refractivity contribution is 5.75. The van der Waals surface area contributed by atoms with Crippen molar-refractivity contribution in [2.45, 2.75) is 45.4 Å². The smallest absolute Gasteiger partial charge is 0.338 e. The Morgan fingerprint density at radius 1 is 0.630 bits per heavy atom. The summed E-state index contributed by atoms with van der Waals surface area (Å²) in [5, 5.41) is 30.3. The number of morpholine rings is 2. The van der Waals surface area contributed by atoms with Gasteiger partial charge < -0.3 is 44.1 Å². The minimum atomic E-state index is -1.80. The van der Waals surface area contributed by atoms with Crippen molar-refractivity contribution in [2.24, 2.45) is 0 Å². The number of ether oxygens (including phenoxy) is 4. The zero-order chi connectivity index (χ0) is 37.6. The third kappa shape index (κ3) is 12.1. The van der Waals surface area contributed by atoms with Gasteiger partial charge in [-0.1, -0.05) is 80.2 Å². The molecular weight excluding hydrogens is 702 g/mol. The molecule has 2 fully saturated rings. The van der Waals surface area contributed by atoms with Crippen LogP contribution in [-0.4, -0.2) is 92.1 Å². The molecule has 0 radical (unpaired) electrons. The molecule has 3 atom stereocenters. The van der Waals surface area contributed by atoms with Gasteiger partial charge in [0, 0.05) is 32.6 Å². The molecule has 0 saturated carbocycles. The number of esters is 2. The lowest BCUT2D eigenvalue weighted by molar-refractivity contribution is -0.161. The van der Waals surface area contributed by atoms with Gasteiger partial charge in [-0.05, 0) is 46.5 Å². The van der Waals surface area contributed by atoms with Gasteiger partial charge in [0.25, 0.3) is 0 Å². The van der Waals surface area contributed by atoms with E-state index >= 15 is 0 Å². The summed E-state index contributed by atoms with van der Waals surface area (Å²) in [7, 11) is 0. The molecule has 0 unspecified atom stereocenters. The summed E-state index contributed by atoms with van der Waals surface area (Å²) in [6, 6.07) is 27.1. The van der Waals surface area contributed by atoms with Crippen molar-refractivity contribution < 1.29 is 52.6 Å². The van der Waals surface area contributed by atoms with Gasteiger partial charge in [-0.2, -0.15) is 0 Å². The molecule has 0 aliphatic carbocycles. The number of benzene rings is 4. The van der Waals surface area contributed by atoms with Crippen molar-refractivity contribution in [1.82, 2.24) is 0 Å². The highest BCUT2D eigenvalue weighted by atomic mass is 19.1. The van der Waals surface area contributed by atoms with Crippen molar-refractivity contribution in [2.75, 3.05) is 62.4 Å². The van der Waals surface area contributed by atoms with Crippen molar-refractivity contribution in [1.29, 1.82) is 0 Å². The standard InChI is InChI=1S/C20H22FNO5.C20H22FNO4.CH4/c21-16-12-15(6-7-17(16)22-8-10-26-11-9-22)18(23)19(24)20(25)27-13-14-4-2-1-3-5-14;21-17-12-16(6-7-18(17)22-8-10-25-11-9-22)13-19(23)20(24)26-14-15-4-2-1-3-5-15;/h1-7,12,18-19,23-24H,8-11,13H2;1-7,12,19,23H,8-11,13-14H2;1H4/t18-,19+;19-;/m01./s1. The third-order valence-electron chi connectivity index (χ3n) is 8.72. The Hall–Kier alpha value is -4.92. The maximum Gasteiger partial charge on any atom is 0.338 e. The molecule has 0 amide bonds. The summed E-state index contributed by atoms with van der Waals surface area (Å²) in [6.07, 6.45) is -4.70. The number of halogens is 2. The van der Waals surface area contributed by atoms with Crippen LogP contribution in [0, 0.1) is 11.6 Å². The maximum atomic E-state index is 14.4. The third-order valence-corrected chi connectivity index (χ3v) is 8.72. The highest BCUT2D eigenvalue weighted by Crippen LogP contribution is 2.27. The predicted octanol–water partition coefficient (Wildman–Crippen LogP) is 4.75. The molecule has 2 saturated heterocycles. The average Bonchev–Trinajstić information content (AvgIpc) is 3.20. The van der Waals surface area contributed by atoms with E-state index in [0.717, 1.165) is 17.2 Å². The van der Waals surface area contributed by atoms with E-state index in [2.05, 4.69) is 0 Å². The minimum absolute atomic E-state index is 0. The van der Waals surface area contributed by atoms with Crippen molar-refractivity contribution in [3.05, 3.63) is 131 Å². The summed E-state index contributed by atoms with van der Waals surface area (Å²) in [4.78, 5) is 27.7. The molecule has 13 heteroatoms. The van der Waals surface area contributed by atoms with Gasteiger partial charge in [-0.15, -0.1) is 0 Å². The first-order valence-electron chi connectivity index (χ1n) is 17.4. The second-order valence-electron chi connectivity index (χ2n) is 12.5. The Morgan fingerprint density at radius 3 is 1.57 bits per heavy atom. The van der Waals surface area contributed by atoms with Crippen LogP contribution >= 0.6 is 0 Å². The first-order chi connectivity index (χ1) is 25.7. The Kier molecular flexibility index (Phi) is 16.3. The zero-order valence-corrected chi connectivity index (χ0v) is 29.2. The van der Waals surface area contributed by atoms with E-state index in [-0.39, 0.29) is 38.4 Å². The highest BCUT2D eigenvalue weighted by Gasteiger charge is 2.28. The molecular formula is C41H48F2N2O9. The summed E-state index contributed by atoms with van der Waals surface area (Å²) in [5.74, 6) is -2.58. The van der Waals surface area contributed by atoms with Gasteiger partial charge >= 0.3 is 11.9 Å². The van der Waals surface area contributed by atoms with Crippen LogP contribution in [0.3, 0.4) is 0 Å². The monoisotopic (exact) mass is 750 g/mol. The molecule has 6 rings (SSSR count). The lowest BCUT2D eigenvalue weighted by atomic mass is 10.0. The van der Waals surface area contributed by atoms with Crippen LogP contribution in [0.2, 0.25) is 0 Å². The van der Waals surface area contributed by atoms with E-state index in [0.29, 0.717) is 69.5 Å². The molecule has 4 aromatic rings. The number of aliphatic hydroxyl groups excluding tert-OH is 3. The van der Waals surface area contributed by atoms with E-state index in [1.807, 2.05) is 46.2 Å². The quantitative estimate of drug-likeness (QED) is 0.173. The Balaban J connectivity index is 0.000000236. The minimum Gasteiger partial charge on any atom is -0.459 e. The van der Waals surface area contributed by atoms with Gasteiger partial charge in [0.2, 0.25) is 0 Å². The second-order valence-corrected chi connectivity index (χ2v) is 12.5. The van der Waals surface area contributed by atoms with Gasteiger partial charge in [0.05, 0.1) is 37.8 Å². The van der Waals surface area contributed by atoms with Gasteiger partial charge in [-0.25, -0.2) is 18.4 Å². The van der Waals surface area contributed by atoms with Crippen molar-refractivity contribution >= 4 is 23.3 Å². The molecule has 3 N–H and O–H groups in total. The first kappa shape index (κ1) is 41.8. The summed E-state index contributed by atoms with van der Waals surface area (Å²) in [5.41, 5.74) is 3.16. The molecule has 11 nitrogen and oxygen atoms in total. The summed E-state index contributed by atoms with van der Waals surface area (Å²) < 4.78 is 49.5. The van der Waals surface area contributed by atoms with E-state index in [1.165, 1.54) is 18.2 Å². The van der Waals surface area contributed by atoms with Crippen molar-refractivity contribution in [3.8, 4) is 0 Å². The van der Waals surface area contributed by atoms with Crippen LogP contribution in [-0.2, 0) is 48.2 Å². The molecule has 2 aliphatic rings. The molecule has 2 aliphatic heterocycles. The number of hydrogen-bond acceptors (Lipinski definition) is 11. The van der Waals surface area contributed by atoms with Crippen molar-refractivity contribution in [3.63, 3.8) is 0 Å². The normalized spacial score (nSPS) is 15.8. The van der Waals surface area contributed by atoms with Crippen LogP contribution in [0.4, 0.5) is 20.2 Å². The second kappa shape index (κ2) is 21.1. The number of anilines is 2. The molecule has 0 bridgehead atoms. The zero-order valence-electron chi connectivity index (χ0n) is 29.2. The maximum absolute atomic E-state index is 14.4. The van der Waals surface area contributed by atoms with Gasteiger partial charge in [-0.3, -0.25) is 0 Å². The first-order valence-corrected chi connectivity index (χ1v) is 17.4. The molecule has 2 heterocycles. The molecule has 54 heavy (non-hydrogen) atoms. The van der Waals surface area contributed by atoms with Gasteiger partial charge in [0.1, 0.15) is 31.0 Å². The number of rotatable bonds is 12. The Morgan fingerprint density at radius 2 is 1.09 bits per heavy atom. The van der Waals surface area contributed by atoms with Crippen LogP contribution in [0.1, 0.15) is 35.8 Å². The molecule has 4 aromatic carbocycles. The fourth-order valence-corrected chi connectivity index (χ4v) is 5.76. The number of carbonyl (C=O) groups excluding carboxylic acids is 2. The van der Waals surface area contributed by atoms with E-state index in [4.69, 9.17) is 18.9 Å².